The van der Waals surface area contributed by atoms with Crippen LogP contribution in [0.3, 0.4) is 0 Å². The number of rotatable bonds is 9. The molecule has 0 atom stereocenters. The Morgan fingerprint density at radius 3 is 1.86 bits per heavy atom. The van der Waals surface area contributed by atoms with Crippen molar-refractivity contribution < 1.29 is 33.3 Å². The summed E-state index contributed by atoms with van der Waals surface area (Å²) in [6, 6.07) is 11.7. The summed E-state index contributed by atoms with van der Waals surface area (Å²) in [5.74, 6) is 2.21. The molecule has 5 aromatic rings. The molecule has 2 saturated carbocycles. The van der Waals surface area contributed by atoms with Crippen molar-refractivity contribution in [2.24, 2.45) is 11.8 Å². The van der Waals surface area contributed by atoms with Crippen molar-refractivity contribution in [2.75, 3.05) is 21.3 Å². The van der Waals surface area contributed by atoms with E-state index in [1.54, 1.807) is 19.5 Å². The highest BCUT2D eigenvalue weighted by molar-refractivity contribution is 14.1. The van der Waals surface area contributed by atoms with E-state index in [0.29, 0.717) is 12.2 Å². The molecular formula is C36H40I2N6O7. The number of hydrogen-bond acceptors (Lipinski definition) is 11. The van der Waals surface area contributed by atoms with Gasteiger partial charge in [0.25, 0.3) is 0 Å². The molecule has 1 N–H and O–H groups in total. The number of pyridine rings is 2. The van der Waals surface area contributed by atoms with Crippen LogP contribution in [0.5, 0.6) is 17.2 Å². The van der Waals surface area contributed by atoms with Gasteiger partial charge in [0, 0.05) is 12.4 Å². The first-order valence-electron chi connectivity index (χ1n) is 16.9. The number of ether oxygens (including phenoxy) is 5. The third-order valence-corrected chi connectivity index (χ3v) is 11.0. The fraction of sp³-hybridized carbons (Fsp3) is 0.444. The molecular weight excluding hydrogens is 882 g/mol. The Balaban J connectivity index is 0.000000187. The Hall–Kier alpha value is -3.74. The van der Waals surface area contributed by atoms with Crippen molar-refractivity contribution in [1.82, 2.24) is 29.9 Å². The summed E-state index contributed by atoms with van der Waals surface area (Å²) in [6.07, 6.45) is 10.3. The van der Waals surface area contributed by atoms with Crippen LogP contribution in [-0.4, -0.2) is 75.4 Å². The number of H-pyrrole nitrogens is 1. The van der Waals surface area contributed by atoms with Gasteiger partial charge < -0.3 is 23.7 Å². The molecule has 2 aliphatic rings. The highest BCUT2D eigenvalue weighted by Crippen LogP contribution is 2.35. The third-order valence-electron chi connectivity index (χ3n) is 9.42. The van der Waals surface area contributed by atoms with Crippen LogP contribution >= 0.6 is 45.2 Å². The summed E-state index contributed by atoms with van der Waals surface area (Å²) in [4.78, 5) is 32.1. The second-order valence-electron chi connectivity index (χ2n) is 12.6. The SMILES string of the molecule is COC(=O)C1CCC(Oc2ccnc3c2c(I)nn3Cc2ccc(OC)cc2)CC1.COC(=O)C1CCC(Oc2ccnc3n[nH]c(I)c23)CC1. The molecule has 270 valence electrons. The van der Waals surface area contributed by atoms with Crippen LogP contribution in [0.2, 0.25) is 0 Å². The fourth-order valence-electron chi connectivity index (χ4n) is 6.65. The maximum Gasteiger partial charge on any atom is 0.308 e. The van der Waals surface area contributed by atoms with Gasteiger partial charge in [-0.15, -0.1) is 0 Å². The molecule has 4 heterocycles. The lowest BCUT2D eigenvalue weighted by Gasteiger charge is -2.27. The van der Waals surface area contributed by atoms with Gasteiger partial charge in [-0.05, 0) is 126 Å². The molecule has 0 aliphatic heterocycles. The zero-order chi connectivity index (χ0) is 35.9. The standard InChI is InChI=1S/C22H24IN3O4.C14H16IN3O3/c1-28-16-7-3-14(4-8-16)13-26-21-19(20(23)25-26)18(11-12-24-21)30-17-9-5-15(6-10-17)22(27)29-2;1-20-14(19)8-2-4-9(5-3-8)21-10-6-7-16-13-11(10)12(15)17-18-13/h3-4,7-8,11-12,15,17H,5-6,9-10,13H2,1-2H3;6-9H,2-5H2,1H3,(H,16,17,18). The van der Waals surface area contributed by atoms with Gasteiger partial charge in [0.15, 0.2) is 11.3 Å². The molecule has 1 aromatic carbocycles. The molecule has 13 nitrogen and oxygen atoms in total. The average molecular weight is 923 g/mol. The van der Waals surface area contributed by atoms with Crippen LogP contribution in [0, 0.1) is 19.2 Å². The van der Waals surface area contributed by atoms with E-state index in [4.69, 9.17) is 28.8 Å². The number of carbonyl (C=O) groups excluding carboxylic acids is 2. The van der Waals surface area contributed by atoms with Gasteiger partial charge in [-0.3, -0.25) is 14.7 Å². The van der Waals surface area contributed by atoms with E-state index >= 15 is 0 Å². The quantitative estimate of drug-likeness (QED) is 0.122. The lowest BCUT2D eigenvalue weighted by molar-refractivity contribution is -0.147. The van der Waals surface area contributed by atoms with Crippen LogP contribution in [-0.2, 0) is 25.6 Å². The van der Waals surface area contributed by atoms with Crippen LogP contribution in [0.25, 0.3) is 22.1 Å². The molecule has 0 radical (unpaired) electrons. The first-order chi connectivity index (χ1) is 24.8. The van der Waals surface area contributed by atoms with Gasteiger partial charge in [0.1, 0.15) is 24.6 Å². The van der Waals surface area contributed by atoms with Crippen molar-refractivity contribution >= 4 is 79.2 Å². The summed E-state index contributed by atoms with van der Waals surface area (Å²) in [6.45, 7) is 0.615. The van der Waals surface area contributed by atoms with Crippen molar-refractivity contribution in [1.29, 1.82) is 0 Å². The molecule has 0 saturated heterocycles. The Morgan fingerprint density at radius 2 is 1.31 bits per heavy atom. The van der Waals surface area contributed by atoms with Gasteiger partial charge >= 0.3 is 11.9 Å². The van der Waals surface area contributed by atoms with Crippen molar-refractivity contribution in [3.8, 4) is 17.2 Å². The second kappa shape index (κ2) is 17.2. The van der Waals surface area contributed by atoms with Gasteiger partial charge in [-0.1, -0.05) is 12.1 Å². The fourth-order valence-corrected chi connectivity index (χ4v) is 8.04. The highest BCUT2D eigenvalue weighted by Gasteiger charge is 2.30. The van der Waals surface area contributed by atoms with Crippen molar-refractivity contribution in [2.45, 2.75) is 70.1 Å². The van der Waals surface area contributed by atoms with Gasteiger partial charge in [-0.2, -0.15) is 10.2 Å². The van der Waals surface area contributed by atoms with Crippen LogP contribution < -0.4 is 14.2 Å². The number of halogens is 2. The molecule has 2 aliphatic carbocycles. The number of aromatic amines is 1. The monoisotopic (exact) mass is 922 g/mol. The number of hydrogen-bond donors (Lipinski definition) is 1. The van der Waals surface area contributed by atoms with Crippen molar-refractivity contribution in [3.63, 3.8) is 0 Å². The van der Waals surface area contributed by atoms with E-state index in [-0.39, 0.29) is 36.0 Å². The topological polar surface area (TPSA) is 153 Å². The molecule has 51 heavy (non-hydrogen) atoms. The summed E-state index contributed by atoms with van der Waals surface area (Å²) in [7, 11) is 4.55. The van der Waals surface area contributed by atoms with Gasteiger partial charge in [0.2, 0.25) is 0 Å². The molecule has 2 fully saturated rings. The predicted octanol–water partition coefficient (Wildman–Crippen LogP) is 6.88. The minimum atomic E-state index is -0.117. The van der Waals surface area contributed by atoms with Crippen LogP contribution in [0.1, 0.15) is 56.9 Å². The number of fused-ring (bicyclic) bond motifs is 2. The van der Waals surface area contributed by atoms with Crippen molar-refractivity contribution in [3.05, 3.63) is 61.8 Å². The second-order valence-corrected chi connectivity index (χ2v) is 14.7. The zero-order valence-electron chi connectivity index (χ0n) is 28.6. The maximum absolute atomic E-state index is 11.7. The molecule has 0 spiro atoms. The number of aromatic nitrogens is 6. The number of carbonyl (C=O) groups is 2. The van der Waals surface area contributed by atoms with E-state index in [0.717, 1.165) is 98.0 Å². The average Bonchev–Trinajstić information content (AvgIpc) is 3.71. The molecule has 15 heteroatoms. The van der Waals surface area contributed by atoms with E-state index in [1.165, 1.54) is 14.2 Å². The number of methoxy groups -OCH3 is 3. The van der Waals surface area contributed by atoms with Crippen LogP contribution in [0.15, 0.2) is 48.8 Å². The number of benzene rings is 1. The summed E-state index contributed by atoms with van der Waals surface area (Å²) >= 11 is 4.43. The van der Waals surface area contributed by atoms with Crippen LogP contribution in [0.4, 0.5) is 0 Å². The molecule has 4 aromatic heterocycles. The Bertz CT molecular complexity index is 1950. The molecule has 0 amide bonds. The van der Waals surface area contributed by atoms with E-state index in [2.05, 4.69) is 65.3 Å². The number of nitrogens with one attached hydrogen (secondary N) is 1. The van der Waals surface area contributed by atoms with E-state index < -0.39 is 0 Å². The molecule has 7 rings (SSSR count). The third kappa shape index (κ3) is 8.84. The minimum Gasteiger partial charge on any atom is -0.497 e. The number of esters is 2. The molecule has 0 unspecified atom stereocenters. The normalized spacial score (nSPS) is 20.3. The lowest BCUT2D eigenvalue weighted by atomic mass is 9.87. The highest BCUT2D eigenvalue weighted by atomic mass is 127. The van der Waals surface area contributed by atoms with Gasteiger partial charge in [-0.25, -0.2) is 14.6 Å². The number of nitrogens with zero attached hydrogens (tertiary/aromatic N) is 5. The van der Waals surface area contributed by atoms with E-state index in [1.807, 2.05) is 41.1 Å². The smallest absolute Gasteiger partial charge is 0.308 e. The first kappa shape index (κ1) is 37.0. The predicted molar refractivity (Wildman–Crippen MR) is 206 cm³/mol. The minimum absolute atomic E-state index is 0.0142. The van der Waals surface area contributed by atoms with Gasteiger partial charge in [0.05, 0.1) is 62.7 Å². The zero-order valence-corrected chi connectivity index (χ0v) is 33.0. The first-order valence-corrected chi connectivity index (χ1v) is 19.0. The Labute approximate surface area is 322 Å². The van der Waals surface area contributed by atoms with E-state index in [9.17, 15) is 9.59 Å². The Morgan fingerprint density at radius 1 is 0.765 bits per heavy atom. The molecule has 0 bridgehead atoms. The summed E-state index contributed by atoms with van der Waals surface area (Å²) < 4.78 is 31.1. The lowest BCUT2D eigenvalue weighted by Crippen LogP contribution is -2.28. The largest absolute Gasteiger partial charge is 0.497 e. The summed E-state index contributed by atoms with van der Waals surface area (Å²) in [5, 5.41) is 13.6. The summed E-state index contributed by atoms with van der Waals surface area (Å²) in [5.41, 5.74) is 2.59. The maximum atomic E-state index is 11.7. The Kier molecular flexibility index (Phi) is 12.5.